The molecule has 0 saturated heterocycles. The summed E-state index contributed by atoms with van der Waals surface area (Å²) in [6.07, 6.45) is 1.53. The number of hydrogen-bond acceptors (Lipinski definition) is 3. The van der Waals surface area contributed by atoms with E-state index in [1.165, 1.54) is 0 Å². The number of Topliss-reactive ketones (excluding diaryl/α,β-unsaturated/α-hetero) is 1. The molecule has 1 aromatic heterocycles. The van der Waals surface area contributed by atoms with Crippen LogP contribution in [-0.4, -0.2) is 11.3 Å². The van der Waals surface area contributed by atoms with Gasteiger partial charge >= 0.3 is 0 Å². The smallest absolute Gasteiger partial charge is 0.217 e. The van der Waals surface area contributed by atoms with Gasteiger partial charge in [-0.05, 0) is 25.5 Å². The Balaban J connectivity index is 2.37. The molecule has 2 rings (SSSR count). The van der Waals surface area contributed by atoms with E-state index in [0.29, 0.717) is 12.2 Å². The van der Waals surface area contributed by atoms with E-state index < -0.39 is 5.54 Å². The van der Waals surface area contributed by atoms with Crippen molar-refractivity contribution in [1.82, 2.24) is 0 Å². The van der Waals surface area contributed by atoms with E-state index in [-0.39, 0.29) is 5.78 Å². The Morgan fingerprint density at radius 1 is 1.41 bits per heavy atom. The topological polar surface area (TPSA) is 56.2 Å². The number of nitrogens with two attached hydrogens (primary N) is 1. The summed E-state index contributed by atoms with van der Waals surface area (Å²) in [4.78, 5) is 12.2. The van der Waals surface area contributed by atoms with Gasteiger partial charge in [0.05, 0.1) is 5.54 Å². The van der Waals surface area contributed by atoms with Crippen LogP contribution in [0, 0.1) is 0 Å². The first-order valence-corrected chi connectivity index (χ1v) is 5.87. The summed E-state index contributed by atoms with van der Waals surface area (Å²) in [6.45, 7) is 3.77. The zero-order valence-electron chi connectivity index (χ0n) is 10.2. The van der Waals surface area contributed by atoms with Crippen LogP contribution in [0.3, 0.4) is 0 Å². The number of hydrogen-bond donors (Lipinski definition) is 1. The van der Waals surface area contributed by atoms with Gasteiger partial charge in [0.15, 0.2) is 5.76 Å². The quantitative estimate of drug-likeness (QED) is 0.822. The highest BCUT2D eigenvalue weighted by Crippen LogP contribution is 2.23. The molecule has 1 aromatic carbocycles. The monoisotopic (exact) mass is 231 g/mol. The standard InChI is InChI=1S/C14H17NO2/c1-3-8-14(2,15)13(16)12-9-10-6-4-5-7-11(10)17-12/h4-7,9H,3,8,15H2,1-2H3. The lowest BCUT2D eigenvalue weighted by Crippen LogP contribution is -2.44. The van der Waals surface area contributed by atoms with Crippen LogP contribution in [0.1, 0.15) is 37.2 Å². The van der Waals surface area contributed by atoms with Crippen molar-refractivity contribution in [2.45, 2.75) is 32.2 Å². The molecular weight excluding hydrogens is 214 g/mol. The molecule has 0 bridgehead atoms. The molecule has 3 nitrogen and oxygen atoms in total. The number of carbonyl (C=O) groups excluding carboxylic acids is 1. The minimum absolute atomic E-state index is 0.129. The van der Waals surface area contributed by atoms with Gasteiger partial charge in [0.1, 0.15) is 5.58 Å². The third-order valence-electron chi connectivity index (χ3n) is 2.94. The van der Waals surface area contributed by atoms with E-state index in [0.717, 1.165) is 17.4 Å². The lowest BCUT2D eigenvalue weighted by molar-refractivity contribution is 0.0866. The second-order valence-electron chi connectivity index (χ2n) is 4.65. The molecule has 0 aliphatic heterocycles. The van der Waals surface area contributed by atoms with Crippen LogP contribution in [-0.2, 0) is 0 Å². The van der Waals surface area contributed by atoms with Crippen LogP contribution in [0.2, 0.25) is 0 Å². The maximum atomic E-state index is 12.2. The van der Waals surface area contributed by atoms with Crippen LogP contribution in [0.15, 0.2) is 34.7 Å². The van der Waals surface area contributed by atoms with Crippen LogP contribution in [0.4, 0.5) is 0 Å². The highest BCUT2D eigenvalue weighted by atomic mass is 16.3. The first-order valence-electron chi connectivity index (χ1n) is 5.87. The molecule has 2 N–H and O–H groups in total. The minimum atomic E-state index is -0.845. The molecule has 0 fully saturated rings. The first-order chi connectivity index (χ1) is 8.04. The second-order valence-corrected chi connectivity index (χ2v) is 4.65. The fourth-order valence-corrected chi connectivity index (χ4v) is 2.01. The number of para-hydroxylation sites is 1. The summed E-state index contributed by atoms with van der Waals surface area (Å²) in [6, 6.07) is 9.33. The molecule has 0 saturated carbocycles. The minimum Gasteiger partial charge on any atom is -0.453 e. The van der Waals surface area contributed by atoms with Crippen molar-refractivity contribution in [3.05, 3.63) is 36.1 Å². The summed E-state index contributed by atoms with van der Waals surface area (Å²) >= 11 is 0. The molecule has 0 aliphatic carbocycles. The van der Waals surface area contributed by atoms with E-state index >= 15 is 0 Å². The maximum Gasteiger partial charge on any atom is 0.217 e. The van der Waals surface area contributed by atoms with Crippen molar-refractivity contribution in [2.75, 3.05) is 0 Å². The van der Waals surface area contributed by atoms with Crippen molar-refractivity contribution < 1.29 is 9.21 Å². The molecular formula is C14H17NO2. The normalized spacial score (nSPS) is 14.8. The van der Waals surface area contributed by atoms with Gasteiger partial charge in [-0.25, -0.2) is 0 Å². The summed E-state index contributed by atoms with van der Waals surface area (Å²) in [5, 5.41) is 0.933. The molecule has 0 amide bonds. The predicted octanol–water partition coefficient (Wildman–Crippen LogP) is 3.13. The fourth-order valence-electron chi connectivity index (χ4n) is 2.01. The second kappa shape index (κ2) is 4.34. The molecule has 90 valence electrons. The van der Waals surface area contributed by atoms with Crippen LogP contribution < -0.4 is 5.73 Å². The zero-order chi connectivity index (χ0) is 12.5. The highest BCUT2D eigenvalue weighted by molar-refractivity contribution is 6.03. The summed E-state index contributed by atoms with van der Waals surface area (Å²) in [5.41, 5.74) is 5.90. The molecule has 2 aromatic rings. The van der Waals surface area contributed by atoms with E-state index in [9.17, 15) is 4.79 Å². The fraction of sp³-hybridized carbons (Fsp3) is 0.357. The third-order valence-corrected chi connectivity index (χ3v) is 2.94. The Morgan fingerprint density at radius 2 is 2.12 bits per heavy atom. The molecule has 1 atom stereocenters. The van der Waals surface area contributed by atoms with Crippen molar-refractivity contribution in [1.29, 1.82) is 0 Å². The Kier molecular flexibility index (Phi) is 3.03. The Hall–Kier alpha value is -1.61. The van der Waals surface area contributed by atoms with Gasteiger partial charge in [0.2, 0.25) is 5.78 Å². The van der Waals surface area contributed by atoms with Gasteiger partial charge in [-0.3, -0.25) is 4.79 Å². The Morgan fingerprint density at radius 3 is 2.76 bits per heavy atom. The van der Waals surface area contributed by atoms with E-state index in [1.54, 1.807) is 13.0 Å². The van der Waals surface area contributed by atoms with Crippen LogP contribution in [0.25, 0.3) is 11.0 Å². The SMILES string of the molecule is CCCC(C)(N)C(=O)c1cc2ccccc2o1. The van der Waals surface area contributed by atoms with Gasteiger partial charge < -0.3 is 10.2 Å². The summed E-state index contributed by atoms with van der Waals surface area (Å²) in [7, 11) is 0. The molecule has 3 heteroatoms. The summed E-state index contributed by atoms with van der Waals surface area (Å²) in [5.74, 6) is 0.222. The van der Waals surface area contributed by atoms with Crippen molar-refractivity contribution in [3.8, 4) is 0 Å². The van der Waals surface area contributed by atoms with Crippen LogP contribution in [0.5, 0.6) is 0 Å². The summed E-state index contributed by atoms with van der Waals surface area (Å²) < 4.78 is 5.53. The first kappa shape index (κ1) is 11.9. The van der Waals surface area contributed by atoms with Gasteiger partial charge in [0, 0.05) is 5.39 Å². The number of fused-ring (bicyclic) bond motifs is 1. The average Bonchev–Trinajstić information content (AvgIpc) is 2.71. The zero-order valence-corrected chi connectivity index (χ0v) is 10.2. The maximum absolute atomic E-state index is 12.2. The number of furan rings is 1. The molecule has 1 heterocycles. The van der Waals surface area contributed by atoms with Crippen molar-refractivity contribution >= 4 is 16.8 Å². The lowest BCUT2D eigenvalue weighted by atomic mass is 9.91. The third kappa shape index (κ3) is 2.24. The lowest BCUT2D eigenvalue weighted by Gasteiger charge is -2.20. The molecule has 0 radical (unpaired) electrons. The molecule has 0 aliphatic rings. The number of ketones is 1. The van der Waals surface area contributed by atoms with E-state index in [4.69, 9.17) is 10.2 Å². The predicted molar refractivity (Wildman–Crippen MR) is 68.0 cm³/mol. The molecule has 17 heavy (non-hydrogen) atoms. The van der Waals surface area contributed by atoms with Crippen molar-refractivity contribution in [2.24, 2.45) is 5.73 Å². The van der Waals surface area contributed by atoms with Crippen molar-refractivity contribution in [3.63, 3.8) is 0 Å². The van der Waals surface area contributed by atoms with Gasteiger partial charge in [0.25, 0.3) is 0 Å². The van der Waals surface area contributed by atoms with E-state index in [2.05, 4.69) is 0 Å². The largest absolute Gasteiger partial charge is 0.453 e. The van der Waals surface area contributed by atoms with Gasteiger partial charge in [-0.15, -0.1) is 0 Å². The average molecular weight is 231 g/mol. The Bertz CT molecular complexity index is 507. The van der Waals surface area contributed by atoms with Gasteiger partial charge in [-0.1, -0.05) is 31.5 Å². The van der Waals surface area contributed by atoms with E-state index in [1.807, 2.05) is 31.2 Å². The number of rotatable bonds is 4. The van der Waals surface area contributed by atoms with Gasteiger partial charge in [-0.2, -0.15) is 0 Å². The van der Waals surface area contributed by atoms with Crippen LogP contribution >= 0.6 is 0 Å². The molecule has 0 spiro atoms. The molecule has 1 unspecified atom stereocenters. The Labute approximate surface area is 101 Å². The number of carbonyl (C=O) groups is 1. The highest BCUT2D eigenvalue weighted by Gasteiger charge is 2.30. The number of benzene rings is 1.